The molecule has 0 aromatic heterocycles. The highest BCUT2D eigenvalue weighted by Gasteiger charge is 2.24. The summed E-state index contributed by atoms with van der Waals surface area (Å²) < 4.78 is 5.91. The van der Waals surface area contributed by atoms with Gasteiger partial charge in [0.1, 0.15) is 6.10 Å². The molecule has 3 N–H and O–H groups in total. The van der Waals surface area contributed by atoms with E-state index in [4.69, 9.17) is 4.74 Å². The molecule has 0 aliphatic rings. The first kappa shape index (κ1) is 56.8. The van der Waals surface area contributed by atoms with Crippen LogP contribution >= 0.6 is 0 Å². The van der Waals surface area contributed by atoms with Crippen LogP contribution in [-0.2, 0) is 14.3 Å². The summed E-state index contributed by atoms with van der Waals surface area (Å²) in [6.45, 7) is 6.43. The van der Waals surface area contributed by atoms with Crippen molar-refractivity contribution in [2.45, 2.75) is 270 Å². The van der Waals surface area contributed by atoms with E-state index < -0.39 is 18.2 Å². The molecule has 0 heterocycles. The molecule has 344 valence electrons. The summed E-state index contributed by atoms with van der Waals surface area (Å²) in [4.78, 5) is 26.1. The number of hydrogen-bond acceptors (Lipinski definition) is 5. The molecule has 0 saturated carbocycles. The minimum absolute atomic E-state index is 0.0665. The molecule has 1 amide bonds. The Bertz CT molecular complexity index is 1020. The molecule has 0 saturated heterocycles. The number of esters is 1. The first-order valence-electron chi connectivity index (χ1n) is 25.4. The van der Waals surface area contributed by atoms with Gasteiger partial charge in [0, 0.05) is 6.42 Å². The lowest BCUT2D eigenvalue weighted by molar-refractivity contribution is -0.151. The molecule has 0 rings (SSSR count). The quantitative estimate of drug-likeness (QED) is 0.0323. The van der Waals surface area contributed by atoms with Crippen LogP contribution in [0.25, 0.3) is 0 Å². The first-order chi connectivity index (χ1) is 29.0. The molecule has 6 nitrogen and oxygen atoms in total. The highest BCUT2D eigenvalue weighted by Crippen LogP contribution is 2.18. The van der Waals surface area contributed by atoms with Gasteiger partial charge in [-0.25, -0.2) is 0 Å². The normalized spacial score (nSPS) is 13.6. The van der Waals surface area contributed by atoms with Crippen molar-refractivity contribution in [3.05, 3.63) is 48.6 Å². The van der Waals surface area contributed by atoms with E-state index >= 15 is 0 Å². The van der Waals surface area contributed by atoms with Gasteiger partial charge in [0.25, 0.3) is 0 Å². The van der Waals surface area contributed by atoms with Crippen LogP contribution in [0, 0.1) is 0 Å². The second-order valence-electron chi connectivity index (χ2n) is 17.2. The third-order valence-electron chi connectivity index (χ3n) is 11.4. The lowest BCUT2D eigenvalue weighted by atomic mass is 10.0. The molecule has 0 bridgehead atoms. The van der Waals surface area contributed by atoms with Crippen LogP contribution in [0.3, 0.4) is 0 Å². The van der Waals surface area contributed by atoms with Crippen molar-refractivity contribution in [2.75, 3.05) is 6.61 Å². The van der Waals surface area contributed by atoms with Crippen molar-refractivity contribution in [1.82, 2.24) is 5.32 Å². The van der Waals surface area contributed by atoms with Crippen LogP contribution in [0.15, 0.2) is 48.6 Å². The van der Waals surface area contributed by atoms with Gasteiger partial charge in [0.2, 0.25) is 5.91 Å². The number of aliphatic hydroxyl groups is 2. The number of hydrogen-bond donors (Lipinski definition) is 3. The number of allylic oxidation sites excluding steroid dienone is 8. The Hall–Kier alpha value is -2.18. The summed E-state index contributed by atoms with van der Waals surface area (Å²) >= 11 is 0. The zero-order valence-electron chi connectivity index (χ0n) is 39.1. The van der Waals surface area contributed by atoms with Crippen LogP contribution in [0.2, 0.25) is 0 Å². The van der Waals surface area contributed by atoms with Gasteiger partial charge < -0.3 is 20.3 Å². The number of aliphatic hydroxyl groups excluding tert-OH is 2. The number of carbonyl (C=O) groups excluding carboxylic acids is 2. The van der Waals surface area contributed by atoms with Crippen LogP contribution in [0.5, 0.6) is 0 Å². The average Bonchev–Trinajstić information content (AvgIpc) is 3.23. The van der Waals surface area contributed by atoms with Gasteiger partial charge in [-0.2, -0.15) is 0 Å². The smallest absolute Gasteiger partial charge is 0.306 e. The fraction of sp³-hybridized carbons (Fsp3) is 0.811. The molecule has 0 aliphatic heterocycles. The van der Waals surface area contributed by atoms with E-state index in [0.29, 0.717) is 19.3 Å². The molecular weight excluding hydrogens is 731 g/mol. The molecule has 0 aromatic carbocycles. The molecule has 0 aromatic rings. The largest absolute Gasteiger partial charge is 0.462 e. The highest BCUT2D eigenvalue weighted by atomic mass is 16.5. The van der Waals surface area contributed by atoms with Crippen molar-refractivity contribution in [1.29, 1.82) is 0 Å². The van der Waals surface area contributed by atoms with E-state index in [1.807, 2.05) is 0 Å². The van der Waals surface area contributed by atoms with Gasteiger partial charge in [-0.15, -0.1) is 0 Å². The van der Waals surface area contributed by atoms with Crippen LogP contribution < -0.4 is 5.32 Å². The van der Waals surface area contributed by atoms with E-state index in [0.717, 1.165) is 77.0 Å². The van der Waals surface area contributed by atoms with Gasteiger partial charge in [-0.05, 0) is 70.6 Å². The number of rotatable bonds is 45. The maximum atomic E-state index is 13.2. The summed E-state index contributed by atoms with van der Waals surface area (Å²) in [7, 11) is 0. The summed E-state index contributed by atoms with van der Waals surface area (Å²) in [5.74, 6) is -0.505. The number of amides is 1. The summed E-state index contributed by atoms with van der Waals surface area (Å²) in [6.07, 6.45) is 56.0. The second kappa shape index (κ2) is 46.9. The van der Waals surface area contributed by atoms with Crippen molar-refractivity contribution >= 4 is 11.9 Å². The Morgan fingerprint density at radius 1 is 0.492 bits per heavy atom. The Kier molecular flexibility index (Phi) is 45.1. The molecule has 6 heteroatoms. The van der Waals surface area contributed by atoms with Crippen LogP contribution in [0.1, 0.15) is 252 Å². The fourth-order valence-corrected chi connectivity index (χ4v) is 7.53. The van der Waals surface area contributed by atoms with Crippen molar-refractivity contribution < 1.29 is 24.5 Å². The minimum atomic E-state index is -0.790. The SMILES string of the molecule is CCCCC/C=C\C/C=C\C/C=C\C/C=C\CCCCCC(=O)OC(CCCCCCCCCCCCC)CC(=O)NC(CO)C(O)CCCCCCCCCCCC. The molecular formula is C53H97NO5. The Labute approximate surface area is 366 Å². The predicted octanol–water partition coefficient (Wildman–Crippen LogP) is 15.1. The van der Waals surface area contributed by atoms with Gasteiger partial charge >= 0.3 is 5.97 Å². The molecule has 3 atom stereocenters. The summed E-state index contributed by atoms with van der Waals surface area (Å²) in [5.41, 5.74) is 0. The van der Waals surface area contributed by atoms with Gasteiger partial charge in [0.05, 0.1) is 25.2 Å². The van der Waals surface area contributed by atoms with Crippen molar-refractivity contribution in [2.24, 2.45) is 0 Å². The number of nitrogens with one attached hydrogen (secondary N) is 1. The second-order valence-corrected chi connectivity index (χ2v) is 17.2. The van der Waals surface area contributed by atoms with Gasteiger partial charge in [0.15, 0.2) is 0 Å². The van der Waals surface area contributed by atoms with Crippen molar-refractivity contribution in [3.63, 3.8) is 0 Å². The number of ether oxygens (including phenoxy) is 1. The first-order valence-corrected chi connectivity index (χ1v) is 25.4. The van der Waals surface area contributed by atoms with E-state index in [-0.39, 0.29) is 24.9 Å². The van der Waals surface area contributed by atoms with E-state index in [9.17, 15) is 19.8 Å². The minimum Gasteiger partial charge on any atom is -0.462 e. The molecule has 3 unspecified atom stereocenters. The Morgan fingerprint density at radius 2 is 0.864 bits per heavy atom. The lowest BCUT2D eigenvalue weighted by Gasteiger charge is -2.24. The topological polar surface area (TPSA) is 95.9 Å². The number of carbonyl (C=O) groups is 2. The van der Waals surface area contributed by atoms with E-state index in [1.165, 1.54) is 128 Å². The summed E-state index contributed by atoms with van der Waals surface area (Å²) in [6, 6.07) is -0.705. The zero-order chi connectivity index (χ0) is 43.1. The molecule has 0 spiro atoms. The standard InChI is InChI=1S/C53H97NO5/c1-4-7-10-13-16-19-22-23-24-25-26-27-28-29-31-34-37-40-43-46-53(58)59-49(44-41-38-35-32-30-20-17-14-11-8-5-2)47-52(57)54-50(48-55)51(56)45-42-39-36-33-21-18-15-12-9-6-3/h16,19,23-24,26-27,29,31,49-51,55-56H,4-15,17-18,20-22,25,28,30,32-48H2,1-3H3,(H,54,57)/b19-16-,24-23-,27-26-,31-29-. The molecule has 59 heavy (non-hydrogen) atoms. The van der Waals surface area contributed by atoms with Gasteiger partial charge in [-0.3, -0.25) is 9.59 Å². The highest BCUT2D eigenvalue weighted by molar-refractivity contribution is 5.77. The third-order valence-corrected chi connectivity index (χ3v) is 11.4. The Balaban J connectivity index is 4.57. The molecule has 0 radical (unpaired) electrons. The Morgan fingerprint density at radius 3 is 1.32 bits per heavy atom. The number of unbranched alkanes of at least 4 members (excludes halogenated alkanes) is 25. The van der Waals surface area contributed by atoms with E-state index in [2.05, 4.69) is 74.7 Å². The average molecular weight is 828 g/mol. The van der Waals surface area contributed by atoms with Crippen LogP contribution in [-0.4, -0.2) is 46.9 Å². The lowest BCUT2D eigenvalue weighted by Crippen LogP contribution is -2.46. The van der Waals surface area contributed by atoms with E-state index in [1.54, 1.807) is 0 Å². The van der Waals surface area contributed by atoms with Crippen LogP contribution in [0.4, 0.5) is 0 Å². The van der Waals surface area contributed by atoms with Gasteiger partial charge in [-0.1, -0.05) is 217 Å². The maximum absolute atomic E-state index is 13.2. The summed E-state index contributed by atoms with van der Waals surface area (Å²) in [5, 5.41) is 23.7. The predicted molar refractivity (Wildman–Crippen MR) is 255 cm³/mol. The monoisotopic (exact) mass is 828 g/mol. The molecule has 0 aliphatic carbocycles. The third kappa shape index (κ3) is 42.3. The molecule has 0 fully saturated rings. The van der Waals surface area contributed by atoms with Crippen molar-refractivity contribution in [3.8, 4) is 0 Å². The maximum Gasteiger partial charge on any atom is 0.306 e. The zero-order valence-corrected chi connectivity index (χ0v) is 39.1. The fourth-order valence-electron chi connectivity index (χ4n) is 7.53.